The standard InChI is InChI=1S/C22H24O11/c1-30-14-3-2-9(4-11(14)24)15-7-13(26)18-12(25)5-10(6-16(18)32-15)31-22-21(29)20(28)19(27)17(8-23)33-22/h3-6,17,19-25,27-29H,2,7-8H2,1H3/b15-9+/t17-,19-,20+,21-,22?/m1/s1. The number of phenolic OH excluding ortho intramolecular Hbond substituents is 1. The molecule has 0 radical (unpaired) electrons. The van der Waals surface area contributed by atoms with E-state index in [1.165, 1.54) is 19.3 Å². The maximum atomic E-state index is 12.7. The summed E-state index contributed by atoms with van der Waals surface area (Å²) in [6.45, 7) is -0.631. The summed E-state index contributed by atoms with van der Waals surface area (Å²) >= 11 is 0. The van der Waals surface area contributed by atoms with Crippen molar-refractivity contribution in [2.75, 3.05) is 13.7 Å². The molecule has 1 unspecified atom stereocenters. The number of carbonyl (C=O) groups is 1. The summed E-state index contributed by atoms with van der Waals surface area (Å²) in [7, 11) is 1.42. The van der Waals surface area contributed by atoms with E-state index in [0.717, 1.165) is 6.07 Å². The number of allylic oxidation sites excluding steroid dienone is 4. The van der Waals surface area contributed by atoms with E-state index in [9.17, 15) is 35.4 Å². The predicted molar refractivity (Wildman–Crippen MR) is 110 cm³/mol. The first-order chi connectivity index (χ1) is 15.7. The first kappa shape index (κ1) is 23.1. The number of benzene rings is 1. The number of rotatable bonds is 4. The van der Waals surface area contributed by atoms with Gasteiger partial charge in [-0.3, -0.25) is 4.79 Å². The van der Waals surface area contributed by atoms with E-state index in [1.54, 1.807) is 6.08 Å². The van der Waals surface area contributed by atoms with E-state index in [2.05, 4.69) is 0 Å². The number of carbonyl (C=O) groups excluding carboxylic acids is 1. The molecule has 0 spiro atoms. The second-order valence-corrected chi connectivity index (χ2v) is 7.79. The number of ether oxygens (including phenoxy) is 4. The van der Waals surface area contributed by atoms with Crippen LogP contribution in [0.25, 0.3) is 0 Å². The van der Waals surface area contributed by atoms with Crippen LogP contribution in [-0.4, -0.2) is 80.8 Å². The zero-order valence-electron chi connectivity index (χ0n) is 17.5. The summed E-state index contributed by atoms with van der Waals surface area (Å²) in [4.78, 5) is 12.7. The van der Waals surface area contributed by atoms with E-state index >= 15 is 0 Å². The zero-order valence-corrected chi connectivity index (χ0v) is 17.5. The molecule has 1 aromatic rings. The van der Waals surface area contributed by atoms with Crippen LogP contribution in [0.1, 0.15) is 23.2 Å². The van der Waals surface area contributed by atoms with Crippen molar-refractivity contribution in [3.63, 3.8) is 0 Å². The number of aromatic hydroxyl groups is 1. The first-order valence-corrected chi connectivity index (χ1v) is 10.2. The number of aliphatic hydroxyl groups excluding tert-OH is 5. The van der Waals surface area contributed by atoms with Gasteiger partial charge in [0, 0.05) is 12.1 Å². The Balaban J connectivity index is 1.61. The number of Topliss-reactive ketones (excluding diaryl/α,β-unsaturated/α-hetero) is 1. The van der Waals surface area contributed by atoms with Crippen molar-refractivity contribution >= 4 is 5.78 Å². The summed E-state index contributed by atoms with van der Waals surface area (Å²) in [6.07, 6.45) is -4.23. The Morgan fingerprint density at radius 3 is 2.55 bits per heavy atom. The number of ketones is 1. The number of fused-ring (bicyclic) bond motifs is 1. The minimum Gasteiger partial charge on any atom is -0.507 e. The number of hydrogen-bond acceptors (Lipinski definition) is 11. The summed E-state index contributed by atoms with van der Waals surface area (Å²) < 4.78 is 21.7. The molecule has 3 aliphatic rings. The van der Waals surface area contributed by atoms with Crippen LogP contribution in [0, 0.1) is 0 Å². The highest BCUT2D eigenvalue weighted by Gasteiger charge is 2.45. The smallest absolute Gasteiger partial charge is 0.229 e. The number of methoxy groups -OCH3 is 1. The van der Waals surface area contributed by atoms with E-state index in [-0.39, 0.29) is 35.0 Å². The lowest BCUT2D eigenvalue weighted by molar-refractivity contribution is -0.277. The van der Waals surface area contributed by atoms with E-state index in [0.29, 0.717) is 17.8 Å². The van der Waals surface area contributed by atoms with Gasteiger partial charge >= 0.3 is 0 Å². The maximum Gasteiger partial charge on any atom is 0.229 e. The molecule has 1 fully saturated rings. The molecule has 2 aliphatic heterocycles. The Morgan fingerprint density at radius 2 is 1.88 bits per heavy atom. The number of phenols is 1. The normalized spacial score (nSPS) is 31.8. The Kier molecular flexibility index (Phi) is 6.32. The molecule has 1 saturated heterocycles. The van der Waals surface area contributed by atoms with Crippen molar-refractivity contribution in [2.45, 2.75) is 43.5 Å². The van der Waals surface area contributed by atoms with Gasteiger partial charge in [0.25, 0.3) is 0 Å². The van der Waals surface area contributed by atoms with Crippen LogP contribution in [0.4, 0.5) is 0 Å². The molecule has 33 heavy (non-hydrogen) atoms. The third kappa shape index (κ3) is 4.28. The topological polar surface area (TPSA) is 175 Å². The molecule has 178 valence electrons. The van der Waals surface area contributed by atoms with Crippen molar-refractivity contribution in [1.29, 1.82) is 0 Å². The Morgan fingerprint density at radius 1 is 1.12 bits per heavy atom. The second kappa shape index (κ2) is 9.04. The van der Waals surface area contributed by atoms with Gasteiger partial charge in [-0.15, -0.1) is 0 Å². The summed E-state index contributed by atoms with van der Waals surface area (Å²) in [5.41, 5.74) is 0.490. The molecule has 4 rings (SSSR count). The quantitative estimate of drug-likeness (QED) is 0.358. The lowest BCUT2D eigenvalue weighted by Gasteiger charge is -2.39. The third-order valence-corrected chi connectivity index (χ3v) is 5.64. The highest BCUT2D eigenvalue weighted by molar-refractivity contribution is 6.04. The fraction of sp³-hybridized carbons (Fsp3) is 0.409. The lowest BCUT2D eigenvalue weighted by atomic mass is 9.96. The van der Waals surface area contributed by atoms with Crippen LogP contribution in [0.15, 0.2) is 47.1 Å². The number of hydrogen-bond donors (Lipinski definition) is 6. The van der Waals surface area contributed by atoms with E-state index in [1.807, 2.05) is 0 Å². The molecule has 5 atom stereocenters. The molecule has 0 amide bonds. The first-order valence-electron chi connectivity index (χ1n) is 10.2. The van der Waals surface area contributed by atoms with Gasteiger partial charge < -0.3 is 49.6 Å². The summed E-state index contributed by atoms with van der Waals surface area (Å²) in [5.74, 6) is -0.448. The van der Waals surface area contributed by atoms with Crippen molar-refractivity contribution < 1.29 is 54.4 Å². The van der Waals surface area contributed by atoms with Gasteiger partial charge in [0.05, 0.1) is 20.1 Å². The van der Waals surface area contributed by atoms with Crippen LogP contribution in [0.3, 0.4) is 0 Å². The van der Waals surface area contributed by atoms with Gasteiger partial charge in [-0.1, -0.05) is 0 Å². The molecule has 6 N–H and O–H groups in total. The van der Waals surface area contributed by atoms with Crippen LogP contribution in [0.5, 0.6) is 17.2 Å². The summed E-state index contributed by atoms with van der Waals surface area (Å²) in [5, 5.41) is 59.7. The number of aliphatic hydroxyl groups is 5. The minimum absolute atomic E-state index is 0.0113. The molecule has 2 heterocycles. The minimum atomic E-state index is -1.65. The Bertz CT molecular complexity index is 1040. The molecule has 11 heteroatoms. The van der Waals surface area contributed by atoms with Crippen molar-refractivity contribution in [3.05, 3.63) is 52.7 Å². The third-order valence-electron chi connectivity index (χ3n) is 5.64. The fourth-order valence-corrected chi connectivity index (χ4v) is 3.87. The van der Waals surface area contributed by atoms with Crippen LogP contribution < -0.4 is 9.47 Å². The van der Waals surface area contributed by atoms with Crippen LogP contribution in [-0.2, 0) is 9.47 Å². The van der Waals surface area contributed by atoms with Gasteiger partial charge in [-0.05, 0) is 24.1 Å². The van der Waals surface area contributed by atoms with Gasteiger partial charge in [0.15, 0.2) is 17.3 Å². The van der Waals surface area contributed by atoms with E-state index in [4.69, 9.17) is 18.9 Å². The molecular formula is C22H24O11. The average molecular weight is 464 g/mol. The molecular weight excluding hydrogens is 440 g/mol. The van der Waals surface area contributed by atoms with Gasteiger partial charge in [0.2, 0.25) is 6.29 Å². The fourth-order valence-electron chi connectivity index (χ4n) is 3.87. The van der Waals surface area contributed by atoms with Gasteiger partial charge in [-0.25, -0.2) is 0 Å². The SMILES string of the molecule is COC1=CC/C(=C2/CC(=O)c3c(O)cc(OC4O[C@H](CO)[C@@H](O)[C@H](O)[C@H]4O)cc3O2)C=C1O. The highest BCUT2D eigenvalue weighted by Crippen LogP contribution is 2.41. The highest BCUT2D eigenvalue weighted by atomic mass is 16.7. The van der Waals surface area contributed by atoms with Crippen molar-refractivity contribution in [1.82, 2.24) is 0 Å². The van der Waals surface area contributed by atoms with Crippen LogP contribution >= 0.6 is 0 Å². The summed E-state index contributed by atoms with van der Waals surface area (Å²) in [6, 6.07) is 2.43. The lowest BCUT2D eigenvalue weighted by Crippen LogP contribution is -2.60. The van der Waals surface area contributed by atoms with Gasteiger partial charge in [-0.2, -0.15) is 0 Å². The molecule has 1 aromatic carbocycles. The monoisotopic (exact) mass is 464 g/mol. The molecule has 1 aliphatic carbocycles. The predicted octanol–water partition coefficient (Wildman–Crippen LogP) is 0.166. The Labute approximate surface area is 188 Å². The average Bonchev–Trinajstić information content (AvgIpc) is 2.78. The Hall–Kier alpha value is -3.09. The molecule has 0 saturated carbocycles. The van der Waals surface area contributed by atoms with Gasteiger partial charge in [0.1, 0.15) is 53.0 Å². The van der Waals surface area contributed by atoms with E-state index < -0.39 is 48.8 Å². The largest absolute Gasteiger partial charge is 0.507 e. The molecule has 0 bridgehead atoms. The zero-order chi connectivity index (χ0) is 23.9. The second-order valence-electron chi connectivity index (χ2n) is 7.79. The maximum absolute atomic E-state index is 12.7. The van der Waals surface area contributed by atoms with Crippen molar-refractivity contribution in [2.24, 2.45) is 0 Å². The molecule has 11 nitrogen and oxygen atoms in total. The molecule has 0 aromatic heterocycles. The van der Waals surface area contributed by atoms with Crippen LogP contribution in [0.2, 0.25) is 0 Å². The van der Waals surface area contributed by atoms with Crippen molar-refractivity contribution in [3.8, 4) is 17.2 Å².